The summed E-state index contributed by atoms with van der Waals surface area (Å²) in [6, 6.07) is 7.33. The first-order valence-corrected chi connectivity index (χ1v) is 7.19. The molecule has 3 rings (SSSR count). The molecule has 2 aliphatic heterocycles. The van der Waals surface area contributed by atoms with Crippen LogP contribution in [0.3, 0.4) is 0 Å². The van der Waals surface area contributed by atoms with Gasteiger partial charge in [0.2, 0.25) is 0 Å². The monoisotopic (exact) mass is 276 g/mol. The molecule has 0 aromatic heterocycles. The highest BCUT2D eigenvalue weighted by Gasteiger charge is 2.30. The third kappa shape index (κ3) is 2.58. The van der Waals surface area contributed by atoms with Gasteiger partial charge in [-0.2, -0.15) is 0 Å². The average Bonchev–Trinajstić information content (AvgIpc) is 3.01. The Balaban J connectivity index is 1.59. The molecule has 1 N–H and O–H groups in total. The van der Waals surface area contributed by atoms with Crippen LogP contribution in [-0.4, -0.2) is 54.8 Å². The number of para-hydroxylation sites is 2. The van der Waals surface area contributed by atoms with Crippen molar-refractivity contribution in [2.24, 2.45) is 0 Å². The first-order valence-electron chi connectivity index (χ1n) is 7.19. The van der Waals surface area contributed by atoms with Crippen LogP contribution < -0.4 is 4.90 Å². The summed E-state index contributed by atoms with van der Waals surface area (Å²) in [6.07, 6.45) is 1.60. The number of anilines is 1. The van der Waals surface area contributed by atoms with Crippen molar-refractivity contribution in [1.82, 2.24) is 4.90 Å². The van der Waals surface area contributed by atoms with E-state index in [-0.39, 0.29) is 12.0 Å². The quantitative estimate of drug-likeness (QED) is 0.882. The Kier molecular flexibility index (Phi) is 3.78. The topological polar surface area (TPSA) is 53.0 Å². The number of amides is 1. The maximum absolute atomic E-state index is 12.2. The number of piperazine rings is 1. The van der Waals surface area contributed by atoms with Crippen LogP contribution in [0.1, 0.15) is 12.8 Å². The minimum Gasteiger partial charge on any atom is -0.506 e. The van der Waals surface area contributed by atoms with Gasteiger partial charge in [0.25, 0.3) is 5.91 Å². The number of phenols is 1. The number of aromatic hydroxyl groups is 1. The lowest BCUT2D eigenvalue weighted by molar-refractivity contribution is -0.141. The number of nitrogens with zero attached hydrogens (tertiary/aromatic N) is 2. The molecule has 5 heteroatoms. The lowest BCUT2D eigenvalue weighted by atomic mass is 10.2. The zero-order chi connectivity index (χ0) is 13.9. The van der Waals surface area contributed by atoms with Crippen molar-refractivity contribution in [1.29, 1.82) is 0 Å². The highest BCUT2D eigenvalue weighted by atomic mass is 16.5. The molecule has 0 aliphatic carbocycles. The van der Waals surface area contributed by atoms with Crippen LogP contribution in [0.2, 0.25) is 0 Å². The highest BCUT2D eigenvalue weighted by Crippen LogP contribution is 2.27. The Bertz CT molecular complexity index is 478. The van der Waals surface area contributed by atoms with E-state index in [9.17, 15) is 9.90 Å². The van der Waals surface area contributed by atoms with Crippen molar-refractivity contribution < 1.29 is 14.6 Å². The lowest BCUT2D eigenvalue weighted by Crippen LogP contribution is -2.51. The molecule has 108 valence electrons. The molecule has 2 fully saturated rings. The van der Waals surface area contributed by atoms with Crippen LogP contribution >= 0.6 is 0 Å². The van der Waals surface area contributed by atoms with Gasteiger partial charge in [0.15, 0.2) is 0 Å². The molecule has 20 heavy (non-hydrogen) atoms. The summed E-state index contributed by atoms with van der Waals surface area (Å²) in [5, 5.41) is 9.87. The Morgan fingerprint density at radius 1 is 1.20 bits per heavy atom. The summed E-state index contributed by atoms with van der Waals surface area (Å²) < 4.78 is 5.45. The van der Waals surface area contributed by atoms with Gasteiger partial charge in [0.05, 0.1) is 5.69 Å². The van der Waals surface area contributed by atoms with Crippen LogP contribution in [-0.2, 0) is 9.53 Å². The molecule has 1 aromatic carbocycles. The highest BCUT2D eigenvalue weighted by molar-refractivity contribution is 5.81. The number of carbonyl (C=O) groups excluding carboxylic acids is 1. The number of hydrogen-bond donors (Lipinski definition) is 1. The maximum atomic E-state index is 12.2. The molecule has 1 aromatic rings. The van der Waals surface area contributed by atoms with Gasteiger partial charge in [0.1, 0.15) is 11.9 Å². The van der Waals surface area contributed by atoms with Gasteiger partial charge in [-0.05, 0) is 25.0 Å². The van der Waals surface area contributed by atoms with Gasteiger partial charge in [-0.3, -0.25) is 4.79 Å². The molecule has 2 saturated heterocycles. The second-order valence-electron chi connectivity index (χ2n) is 5.30. The van der Waals surface area contributed by atoms with E-state index >= 15 is 0 Å². The van der Waals surface area contributed by atoms with E-state index in [2.05, 4.69) is 4.90 Å². The maximum Gasteiger partial charge on any atom is 0.251 e. The molecule has 5 nitrogen and oxygen atoms in total. The second-order valence-corrected chi connectivity index (χ2v) is 5.30. The fraction of sp³-hybridized carbons (Fsp3) is 0.533. The number of hydrogen-bond acceptors (Lipinski definition) is 4. The number of phenolic OH excluding ortho intramolecular Hbond substituents is 1. The van der Waals surface area contributed by atoms with Crippen LogP contribution in [0.5, 0.6) is 5.75 Å². The van der Waals surface area contributed by atoms with E-state index in [1.807, 2.05) is 23.1 Å². The minimum absolute atomic E-state index is 0.124. The predicted octanol–water partition coefficient (Wildman–Crippen LogP) is 1.22. The summed E-state index contributed by atoms with van der Waals surface area (Å²) >= 11 is 0. The predicted molar refractivity (Wildman–Crippen MR) is 75.9 cm³/mol. The van der Waals surface area contributed by atoms with Crippen molar-refractivity contribution in [2.45, 2.75) is 18.9 Å². The van der Waals surface area contributed by atoms with Gasteiger partial charge >= 0.3 is 0 Å². The van der Waals surface area contributed by atoms with Crippen LogP contribution in [0.15, 0.2) is 24.3 Å². The zero-order valence-electron chi connectivity index (χ0n) is 11.5. The summed E-state index contributed by atoms with van der Waals surface area (Å²) in [4.78, 5) is 16.2. The molecule has 0 spiro atoms. The fourth-order valence-corrected chi connectivity index (χ4v) is 2.88. The van der Waals surface area contributed by atoms with Crippen molar-refractivity contribution in [3.05, 3.63) is 24.3 Å². The summed E-state index contributed by atoms with van der Waals surface area (Å²) in [5.74, 6) is 0.422. The Morgan fingerprint density at radius 2 is 1.95 bits per heavy atom. The van der Waals surface area contributed by atoms with Crippen LogP contribution in [0.25, 0.3) is 0 Å². The second kappa shape index (κ2) is 5.71. The average molecular weight is 276 g/mol. The molecule has 0 saturated carbocycles. The molecular weight excluding hydrogens is 256 g/mol. The van der Waals surface area contributed by atoms with Crippen molar-refractivity contribution in [3.8, 4) is 5.75 Å². The Morgan fingerprint density at radius 3 is 2.60 bits per heavy atom. The standard InChI is InChI=1S/C15H20N2O3/c18-13-5-2-1-4-12(13)16-7-9-17(10-8-16)15(19)14-6-3-11-20-14/h1-2,4-5,14,18H,3,6-11H2/t14-/m1/s1. The van der Waals surface area contributed by atoms with E-state index in [0.29, 0.717) is 25.4 Å². The van der Waals surface area contributed by atoms with Gasteiger partial charge in [0, 0.05) is 32.8 Å². The molecule has 1 amide bonds. The zero-order valence-corrected chi connectivity index (χ0v) is 11.5. The Hall–Kier alpha value is -1.75. The van der Waals surface area contributed by atoms with Gasteiger partial charge in [-0.15, -0.1) is 0 Å². The third-order valence-corrected chi connectivity index (χ3v) is 4.02. The fourth-order valence-electron chi connectivity index (χ4n) is 2.88. The molecule has 0 bridgehead atoms. The molecule has 0 unspecified atom stereocenters. The first kappa shape index (κ1) is 13.2. The number of benzene rings is 1. The van der Waals surface area contributed by atoms with E-state index in [4.69, 9.17) is 4.74 Å². The SMILES string of the molecule is O=C([C@H]1CCCO1)N1CCN(c2ccccc2O)CC1. The van der Waals surface area contributed by atoms with Crippen molar-refractivity contribution in [3.63, 3.8) is 0 Å². The third-order valence-electron chi connectivity index (χ3n) is 4.02. The lowest BCUT2D eigenvalue weighted by Gasteiger charge is -2.37. The molecule has 0 radical (unpaired) electrons. The summed E-state index contributed by atoms with van der Waals surface area (Å²) in [6.45, 7) is 3.57. The Labute approximate surface area is 118 Å². The van der Waals surface area contributed by atoms with Gasteiger partial charge in [-0.1, -0.05) is 12.1 Å². The smallest absolute Gasteiger partial charge is 0.251 e. The first-order chi connectivity index (χ1) is 9.75. The van der Waals surface area contributed by atoms with E-state index < -0.39 is 0 Å². The summed E-state index contributed by atoms with van der Waals surface area (Å²) in [7, 11) is 0. The van der Waals surface area contributed by atoms with Gasteiger partial charge in [-0.25, -0.2) is 0 Å². The van der Waals surface area contributed by atoms with E-state index in [0.717, 1.165) is 31.6 Å². The van der Waals surface area contributed by atoms with E-state index in [1.54, 1.807) is 6.07 Å². The van der Waals surface area contributed by atoms with Crippen LogP contribution in [0, 0.1) is 0 Å². The molecular formula is C15H20N2O3. The minimum atomic E-state index is -0.230. The van der Waals surface area contributed by atoms with Crippen molar-refractivity contribution in [2.75, 3.05) is 37.7 Å². The molecule has 2 aliphatic rings. The molecule has 1 atom stereocenters. The summed E-state index contributed by atoms with van der Waals surface area (Å²) in [5.41, 5.74) is 0.844. The number of rotatable bonds is 2. The largest absolute Gasteiger partial charge is 0.506 e. The van der Waals surface area contributed by atoms with E-state index in [1.165, 1.54) is 0 Å². The van der Waals surface area contributed by atoms with Gasteiger partial charge < -0.3 is 19.6 Å². The number of carbonyl (C=O) groups is 1. The van der Waals surface area contributed by atoms with Crippen LogP contribution in [0.4, 0.5) is 5.69 Å². The molecule has 2 heterocycles. The number of ether oxygens (including phenoxy) is 1. The normalized spacial score (nSPS) is 23.1. The van der Waals surface area contributed by atoms with Crippen molar-refractivity contribution >= 4 is 11.6 Å².